The molecule has 0 aromatic heterocycles. The van der Waals surface area contributed by atoms with Gasteiger partial charge in [0.05, 0.1) is 19.6 Å². The summed E-state index contributed by atoms with van der Waals surface area (Å²) in [7, 11) is 0. The summed E-state index contributed by atoms with van der Waals surface area (Å²) in [5.74, 6) is -0.0380. The van der Waals surface area contributed by atoms with Crippen LogP contribution in [0, 0.1) is 0 Å². The maximum absolute atomic E-state index is 11.8. The second-order valence-corrected chi connectivity index (χ2v) is 4.84. The SMILES string of the molecule is O=C(Cc1ccccc1Cl)NCCC1OCCCO1. The van der Waals surface area contributed by atoms with Gasteiger partial charge in [-0.15, -0.1) is 0 Å². The van der Waals surface area contributed by atoms with Crippen molar-refractivity contribution >= 4 is 17.5 Å². The molecular formula is C14H18ClNO3. The number of rotatable bonds is 5. The fourth-order valence-electron chi connectivity index (χ4n) is 1.91. The van der Waals surface area contributed by atoms with E-state index >= 15 is 0 Å². The predicted molar refractivity (Wildman–Crippen MR) is 73.1 cm³/mol. The molecule has 1 heterocycles. The van der Waals surface area contributed by atoms with Crippen LogP contribution in [-0.2, 0) is 20.7 Å². The van der Waals surface area contributed by atoms with Crippen LogP contribution < -0.4 is 5.32 Å². The zero-order valence-electron chi connectivity index (χ0n) is 10.7. The molecule has 1 aliphatic heterocycles. The molecule has 0 spiro atoms. The highest BCUT2D eigenvalue weighted by Crippen LogP contribution is 2.15. The minimum absolute atomic E-state index is 0.0380. The summed E-state index contributed by atoms with van der Waals surface area (Å²) < 4.78 is 10.8. The van der Waals surface area contributed by atoms with E-state index in [2.05, 4.69) is 5.32 Å². The Labute approximate surface area is 118 Å². The highest BCUT2D eigenvalue weighted by atomic mass is 35.5. The van der Waals surface area contributed by atoms with Gasteiger partial charge in [-0.1, -0.05) is 29.8 Å². The van der Waals surface area contributed by atoms with Crippen LogP contribution in [0.2, 0.25) is 5.02 Å². The number of carbonyl (C=O) groups excluding carboxylic acids is 1. The summed E-state index contributed by atoms with van der Waals surface area (Å²) in [6.45, 7) is 2.02. The number of benzene rings is 1. The standard InChI is InChI=1S/C14H18ClNO3/c15-12-5-2-1-4-11(12)10-13(17)16-7-6-14-18-8-3-9-19-14/h1-2,4-5,14H,3,6-10H2,(H,16,17). The van der Waals surface area contributed by atoms with Crippen LogP contribution >= 0.6 is 11.6 Å². The van der Waals surface area contributed by atoms with Crippen LogP contribution in [0.25, 0.3) is 0 Å². The largest absolute Gasteiger partial charge is 0.356 e. The molecule has 0 aliphatic carbocycles. The first-order valence-electron chi connectivity index (χ1n) is 6.49. The Morgan fingerprint density at radius 2 is 2.05 bits per heavy atom. The molecular weight excluding hydrogens is 266 g/mol. The number of nitrogens with one attached hydrogen (secondary N) is 1. The predicted octanol–water partition coefficient (Wildman–Crippen LogP) is 2.15. The maximum atomic E-state index is 11.8. The van der Waals surface area contributed by atoms with Gasteiger partial charge in [-0.3, -0.25) is 4.79 Å². The third kappa shape index (κ3) is 4.82. The third-order valence-corrected chi connectivity index (χ3v) is 3.28. The van der Waals surface area contributed by atoms with E-state index in [9.17, 15) is 4.79 Å². The van der Waals surface area contributed by atoms with Crippen molar-refractivity contribution in [3.05, 3.63) is 34.9 Å². The number of amides is 1. The molecule has 1 saturated heterocycles. The Morgan fingerprint density at radius 3 is 2.79 bits per heavy atom. The molecule has 1 aliphatic rings. The zero-order valence-corrected chi connectivity index (χ0v) is 11.5. The van der Waals surface area contributed by atoms with Gasteiger partial charge in [0, 0.05) is 18.0 Å². The van der Waals surface area contributed by atoms with Gasteiger partial charge < -0.3 is 14.8 Å². The van der Waals surface area contributed by atoms with E-state index in [1.54, 1.807) is 6.07 Å². The van der Waals surface area contributed by atoms with Crippen molar-refractivity contribution in [3.63, 3.8) is 0 Å². The van der Waals surface area contributed by atoms with E-state index in [0.717, 1.165) is 25.2 Å². The number of hydrogen-bond donors (Lipinski definition) is 1. The van der Waals surface area contributed by atoms with Crippen LogP contribution in [0.15, 0.2) is 24.3 Å². The Hall–Kier alpha value is -1.10. The van der Waals surface area contributed by atoms with Crippen LogP contribution in [0.5, 0.6) is 0 Å². The molecule has 4 nitrogen and oxygen atoms in total. The molecule has 1 aromatic carbocycles. The van der Waals surface area contributed by atoms with Crippen molar-refractivity contribution in [2.24, 2.45) is 0 Å². The van der Waals surface area contributed by atoms with Crippen molar-refractivity contribution in [1.29, 1.82) is 0 Å². The molecule has 0 bridgehead atoms. The Bertz CT molecular complexity index is 419. The van der Waals surface area contributed by atoms with Crippen LogP contribution in [0.4, 0.5) is 0 Å². The summed E-state index contributed by atoms with van der Waals surface area (Å²) in [5.41, 5.74) is 0.840. The van der Waals surface area contributed by atoms with Gasteiger partial charge in [0.25, 0.3) is 0 Å². The molecule has 0 radical (unpaired) electrons. The third-order valence-electron chi connectivity index (χ3n) is 2.91. The average Bonchev–Trinajstić information content (AvgIpc) is 2.43. The summed E-state index contributed by atoms with van der Waals surface area (Å²) in [5, 5.41) is 3.47. The molecule has 1 N–H and O–H groups in total. The summed E-state index contributed by atoms with van der Waals surface area (Å²) in [4.78, 5) is 11.8. The lowest BCUT2D eigenvalue weighted by molar-refractivity contribution is -0.180. The first kappa shape index (κ1) is 14.3. The molecule has 0 atom stereocenters. The first-order valence-corrected chi connectivity index (χ1v) is 6.87. The van der Waals surface area contributed by atoms with E-state index in [0.29, 0.717) is 24.4 Å². The summed E-state index contributed by atoms with van der Waals surface area (Å²) in [6, 6.07) is 7.36. The molecule has 1 amide bonds. The Kier molecular flexibility index (Phi) is 5.63. The highest BCUT2D eigenvalue weighted by Gasteiger charge is 2.14. The van der Waals surface area contributed by atoms with Crippen LogP contribution in [0.1, 0.15) is 18.4 Å². The lowest BCUT2D eigenvalue weighted by Gasteiger charge is -2.23. The van der Waals surface area contributed by atoms with Gasteiger partial charge in [0.1, 0.15) is 0 Å². The van der Waals surface area contributed by atoms with Gasteiger partial charge in [-0.2, -0.15) is 0 Å². The van der Waals surface area contributed by atoms with Gasteiger partial charge >= 0.3 is 0 Å². The average molecular weight is 284 g/mol. The van der Waals surface area contributed by atoms with Crippen molar-refractivity contribution < 1.29 is 14.3 Å². The molecule has 5 heteroatoms. The second-order valence-electron chi connectivity index (χ2n) is 4.43. The van der Waals surface area contributed by atoms with Crippen molar-refractivity contribution in [2.45, 2.75) is 25.6 Å². The fraction of sp³-hybridized carbons (Fsp3) is 0.500. The zero-order chi connectivity index (χ0) is 13.5. The Morgan fingerprint density at radius 1 is 1.32 bits per heavy atom. The monoisotopic (exact) mass is 283 g/mol. The Balaban J connectivity index is 1.68. The van der Waals surface area contributed by atoms with E-state index < -0.39 is 0 Å². The number of ether oxygens (including phenoxy) is 2. The molecule has 19 heavy (non-hydrogen) atoms. The van der Waals surface area contributed by atoms with Crippen LogP contribution in [-0.4, -0.2) is 32.0 Å². The van der Waals surface area contributed by atoms with E-state index in [1.165, 1.54) is 0 Å². The highest BCUT2D eigenvalue weighted by molar-refractivity contribution is 6.31. The second kappa shape index (κ2) is 7.48. The van der Waals surface area contributed by atoms with Gasteiger partial charge in [-0.25, -0.2) is 0 Å². The smallest absolute Gasteiger partial charge is 0.224 e. The number of hydrogen-bond acceptors (Lipinski definition) is 3. The van der Waals surface area contributed by atoms with Crippen molar-refractivity contribution in [1.82, 2.24) is 5.32 Å². The molecule has 0 saturated carbocycles. The molecule has 104 valence electrons. The summed E-state index contributed by atoms with van der Waals surface area (Å²) >= 11 is 6.00. The van der Waals surface area contributed by atoms with Crippen molar-refractivity contribution in [3.8, 4) is 0 Å². The minimum atomic E-state index is -0.186. The quantitative estimate of drug-likeness (QED) is 0.901. The van der Waals surface area contributed by atoms with Gasteiger partial charge in [0.15, 0.2) is 6.29 Å². The molecule has 1 fully saturated rings. The lowest BCUT2D eigenvalue weighted by Crippen LogP contribution is -2.32. The van der Waals surface area contributed by atoms with Crippen LogP contribution in [0.3, 0.4) is 0 Å². The number of carbonyl (C=O) groups is 1. The maximum Gasteiger partial charge on any atom is 0.224 e. The number of halogens is 1. The fourth-order valence-corrected chi connectivity index (χ4v) is 2.11. The minimum Gasteiger partial charge on any atom is -0.356 e. The normalized spacial score (nSPS) is 16.3. The van der Waals surface area contributed by atoms with E-state index in [1.807, 2.05) is 18.2 Å². The molecule has 1 aromatic rings. The lowest BCUT2D eigenvalue weighted by atomic mass is 10.1. The van der Waals surface area contributed by atoms with E-state index in [4.69, 9.17) is 21.1 Å². The van der Waals surface area contributed by atoms with Gasteiger partial charge in [0.2, 0.25) is 5.91 Å². The first-order chi connectivity index (χ1) is 9.25. The van der Waals surface area contributed by atoms with Gasteiger partial charge in [-0.05, 0) is 18.1 Å². The van der Waals surface area contributed by atoms with E-state index in [-0.39, 0.29) is 12.2 Å². The topological polar surface area (TPSA) is 47.6 Å². The molecule has 0 unspecified atom stereocenters. The summed E-state index contributed by atoms with van der Waals surface area (Å²) in [6.07, 6.45) is 1.73. The van der Waals surface area contributed by atoms with Crippen molar-refractivity contribution in [2.75, 3.05) is 19.8 Å². The molecule has 2 rings (SSSR count).